The summed E-state index contributed by atoms with van der Waals surface area (Å²) in [7, 11) is 0. The van der Waals surface area contributed by atoms with Crippen molar-refractivity contribution < 1.29 is 18.7 Å². The fraction of sp³-hybridized carbons (Fsp3) is 0.158. The number of para-hydroxylation sites is 2. The number of carbonyl (C=O) groups is 2. The van der Waals surface area contributed by atoms with Crippen LogP contribution < -0.4 is 15.4 Å². The first-order chi connectivity index (χ1) is 14.0. The Bertz CT molecular complexity index is 995. The summed E-state index contributed by atoms with van der Waals surface area (Å²) >= 11 is 2.35. The lowest BCUT2D eigenvalue weighted by atomic mass is 10.2. The van der Waals surface area contributed by atoms with Crippen molar-refractivity contribution in [2.45, 2.75) is 11.3 Å². The van der Waals surface area contributed by atoms with Crippen LogP contribution in [0, 0.1) is 5.82 Å². The van der Waals surface area contributed by atoms with E-state index in [9.17, 15) is 14.0 Å². The van der Waals surface area contributed by atoms with Gasteiger partial charge in [0, 0.05) is 5.56 Å². The quantitative estimate of drug-likeness (QED) is 0.412. The second kappa shape index (κ2) is 9.99. The Morgan fingerprint density at radius 3 is 2.62 bits per heavy atom. The van der Waals surface area contributed by atoms with Crippen molar-refractivity contribution in [3.05, 3.63) is 59.9 Å². The zero-order chi connectivity index (χ0) is 20.6. The van der Waals surface area contributed by atoms with E-state index >= 15 is 0 Å². The minimum atomic E-state index is -0.418. The van der Waals surface area contributed by atoms with E-state index < -0.39 is 11.7 Å². The van der Waals surface area contributed by atoms with Crippen LogP contribution in [0.25, 0.3) is 0 Å². The average Bonchev–Trinajstić information content (AvgIpc) is 3.16. The molecule has 10 heteroatoms. The number of carbonyl (C=O) groups excluding carboxylic acids is 2. The van der Waals surface area contributed by atoms with E-state index in [-0.39, 0.29) is 11.7 Å². The molecule has 7 nitrogen and oxygen atoms in total. The van der Waals surface area contributed by atoms with Gasteiger partial charge in [-0.15, -0.1) is 10.2 Å². The van der Waals surface area contributed by atoms with Gasteiger partial charge in [0.25, 0.3) is 5.91 Å². The Kier molecular flexibility index (Phi) is 7.14. The fourth-order valence-corrected chi connectivity index (χ4v) is 3.80. The Balaban J connectivity index is 1.52. The molecule has 0 saturated heterocycles. The van der Waals surface area contributed by atoms with E-state index in [1.165, 1.54) is 36.0 Å². The van der Waals surface area contributed by atoms with E-state index in [0.29, 0.717) is 33.1 Å². The first-order valence-corrected chi connectivity index (χ1v) is 10.4. The van der Waals surface area contributed by atoms with Gasteiger partial charge < -0.3 is 10.1 Å². The van der Waals surface area contributed by atoms with Crippen LogP contribution in [0.2, 0.25) is 0 Å². The summed E-state index contributed by atoms with van der Waals surface area (Å²) in [5.41, 5.74) is 0.910. The van der Waals surface area contributed by atoms with Gasteiger partial charge >= 0.3 is 0 Å². The second-order valence-electron chi connectivity index (χ2n) is 5.60. The predicted molar refractivity (Wildman–Crippen MR) is 111 cm³/mol. The Labute approximate surface area is 174 Å². The van der Waals surface area contributed by atoms with Gasteiger partial charge in [0.15, 0.2) is 4.34 Å². The molecule has 2 N–H and O–H groups in total. The van der Waals surface area contributed by atoms with Crippen molar-refractivity contribution in [3.63, 3.8) is 0 Å². The zero-order valence-corrected chi connectivity index (χ0v) is 17.0. The van der Waals surface area contributed by atoms with Gasteiger partial charge in [-0.1, -0.05) is 35.2 Å². The van der Waals surface area contributed by atoms with Crippen LogP contribution in [0.1, 0.15) is 17.3 Å². The molecule has 1 heterocycles. The monoisotopic (exact) mass is 432 g/mol. The highest BCUT2D eigenvalue weighted by Crippen LogP contribution is 2.27. The van der Waals surface area contributed by atoms with Crippen LogP contribution >= 0.6 is 23.1 Å². The molecular formula is C19H17FN4O3S2. The maximum atomic E-state index is 12.9. The molecule has 0 aliphatic carbocycles. The molecule has 0 atom stereocenters. The highest BCUT2D eigenvalue weighted by Gasteiger charge is 2.13. The van der Waals surface area contributed by atoms with E-state index in [0.717, 1.165) is 11.3 Å². The highest BCUT2D eigenvalue weighted by atomic mass is 32.2. The molecule has 3 rings (SSSR count). The number of halogens is 1. The van der Waals surface area contributed by atoms with Crippen molar-refractivity contribution in [2.75, 3.05) is 23.0 Å². The van der Waals surface area contributed by atoms with Crippen molar-refractivity contribution >= 4 is 45.7 Å². The summed E-state index contributed by atoms with van der Waals surface area (Å²) in [6, 6.07) is 12.4. The van der Waals surface area contributed by atoms with Crippen molar-refractivity contribution in [1.82, 2.24) is 10.2 Å². The molecule has 0 radical (unpaired) electrons. The molecule has 2 aromatic carbocycles. The normalized spacial score (nSPS) is 10.4. The number of ether oxygens (including phenoxy) is 1. The number of thioether (sulfide) groups is 1. The molecule has 0 saturated carbocycles. The molecule has 150 valence electrons. The molecule has 0 unspecified atom stereocenters. The lowest BCUT2D eigenvalue weighted by Gasteiger charge is -2.10. The Morgan fingerprint density at radius 2 is 1.86 bits per heavy atom. The van der Waals surface area contributed by atoms with E-state index in [2.05, 4.69) is 20.8 Å². The number of rotatable bonds is 8. The van der Waals surface area contributed by atoms with Gasteiger partial charge in [-0.2, -0.15) is 0 Å². The summed E-state index contributed by atoms with van der Waals surface area (Å²) in [6.45, 7) is 2.37. The third-order valence-corrected chi connectivity index (χ3v) is 5.49. The number of hydrogen-bond donors (Lipinski definition) is 2. The predicted octanol–water partition coefficient (Wildman–Crippen LogP) is 4.06. The third kappa shape index (κ3) is 6.00. The molecule has 0 spiro atoms. The van der Waals surface area contributed by atoms with Crippen molar-refractivity contribution in [2.24, 2.45) is 0 Å². The molecule has 2 amide bonds. The fourth-order valence-electron chi connectivity index (χ4n) is 2.25. The van der Waals surface area contributed by atoms with Gasteiger partial charge in [0.2, 0.25) is 11.0 Å². The number of aromatic nitrogens is 2. The molecular weight excluding hydrogens is 415 g/mol. The third-order valence-electron chi connectivity index (χ3n) is 3.52. The van der Waals surface area contributed by atoms with E-state index in [1.807, 2.05) is 19.1 Å². The maximum Gasteiger partial charge on any atom is 0.257 e. The second-order valence-corrected chi connectivity index (χ2v) is 7.80. The molecule has 0 bridgehead atoms. The number of nitrogens with one attached hydrogen (secondary N) is 2. The van der Waals surface area contributed by atoms with Gasteiger partial charge in [-0.3, -0.25) is 14.9 Å². The number of nitrogens with zero attached hydrogens (tertiary/aromatic N) is 2. The minimum absolute atomic E-state index is 0.126. The van der Waals surface area contributed by atoms with E-state index in [4.69, 9.17) is 4.74 Å². The summed E-state index contributed by atoms with van der Waals surface area (Å²) in [5.74, 6) is -0.313. The zero-order valence-electron chi connectivity index (χ0n) is 15.3. The topological polar surface area (TPSA) is 93.2 Å². The smallest absolute Gasteiger partial charge is 0.257 e. The Morgan fingerprint density at radius 1 is 1.10 bits per heavy atom. The summed E-state index contributed by atoms with van der Waals surface area (Å²) in [6.07, 6.45) is 0. The lowest BCUT2D eigenvalue weighted by molar-refractivity contribution is -0.113. The van der Waals surface area contributed by atoms with E-state index in [1.54, 1.807) is 12.1 Å². The van der Waals surface area contributed by atoms with Gasteiger partial charge in [0.1, 0.15) is 11.6 Å². The van der Waals surface area contributed by atoms with Gasteiger partial charge in [-0.25, -0.2) is 4.39 Å². The number of anilines is 2. The SMILES string of the molecule is CCOc1ccccc1NC(=O)CSc1nnc(NC(=O)c2ccc(F)cc2)s1. The summed E-state index contributed by atoms with van der Waals surface area (Å²) < 4.78 is 19.0. The lowest BCUT2D eigenvalue weighted by Crippen LogP contribution is -2.14. The standard InChI is InChI=1S/C19H17FN4O3S2/c1-2-27-15-6-4-3-5-14(15)21-16(25)11-28-19-24-23-18(29-19)22-17(26)12-7-9-13(20)10-8-12/h3-10H,2,11H2,1H3,(H,21,25)(H,22,23,26). The van der Waals surface area contributed by atoms with Crippen LogP contribution in [-0.2, 0) is 4.79 Å². The molecule has 0 aliphatic heterocycles. The highest BCUT2D eigenvalue weighted by molar-refractivity contribution is 8.01. The van der Waals surface area contributed by atoms with Crippen LogP contribution in [0.15, 0.2) is 52.9 Å². The summed E-state index contributed by atoms with van der Waals surface area (Å²) in [4.78, 5) is 24.3. The molecule has 0 aliphatic rings. The molecule has 1 aromatic heterocycles. The molecule has 0 fully saturated rings. The summed E-state index contributed by atoms with van der Waals surface area (Å²) in [5, 5.41) is 13.5. The van der Waals surface area contributed by atoms with Crippen LogP contribution in [0.5, 0.6) is 5.75 Å². The van der Waals surface area contributed by atoms with Gasteiger partial charge in [0.05, 0.1) is 18.0 Å². The van der Waals surface area contributed by atoms with Gasteiger partial charge in [-0.05, 0) is 43.3 Å². The number of benzene rings is 2. The largest absolute Gasteiger partial charge is 0.492 e. The van der Waals surface area contributed by atoms with Crippen LogP contribution in [0.3, 0.4) is 0 Å². The molecule has 29 heavy (non-hydrogen) atoms. The van der Waals surface area contributed by atoms with Crippen LogP contribution in [-0.4, -0.2) is 34.4 Å². The molecule has 3 aromatic rings. The number of amides is 2. The maximum absolute atomic E-state index is 12.9. The van der Waals surface area contributed by atoms with Crippen LogP contribution in [0.4, 0.5) is 15.2 Å². The first-order valence-electron chi connectivity index (χ1n) is 8.60. The van der Waals surface area contributed by atoms with Crippen molar-refractivity contribution in [3.8, 4) is 5.75 Å². The Hall–Kier alpha value is -2.98. The number of hydrogen-bond acceptors (Lipinski definition) is 7. The average molecular weight is 433 g/mol. The minimum Gasteiger partial charge on any atom is -0.492 e. The first kappa shape index (κ1) is 20.7. The van der Waals surface area contributed by atoms with Crippen molar-refractivity contribution in [1.29, 1.82) is 0 Å².